The molecular weight excluding hydrogens is 288 g/mol. The van der Waals surface area contributed by atoms with Crippen molar-refractivity contribution in [3.63, 3.8) is 0 Å². The average Bonchev–Trinajstić information content (AvgIpc) is 2.88. The van der Waals surface area contributed by atoms with E-state index in [0.29, 0.717) is 23.7 Å². The molecule has 21 heavy (non-hydrogen) atoms. The number of nitrogens with zero attached hydrogens (tertiary/aromatic N) is 2. The summed E-state index contributed by atoms with van der Waals surface area (Å²) in [6, 6.07) is 5.24. The lowest BCUT2D eigenvalue weighted by Gasteiger charge is -2.13. The summed E-state index contributed by atoms with van der Waals surface area (Å²) in [6.07, 6.45) is 2.85. The topological polar surface area (TPSA) is 61.2 Å². The minimum absolute atomic E-state index is 0.177. The van der Waals surface area contributed by atoms with Gasteiger partial charge < -0.3 is 4.74 Å². The zero-order valence-corrected chi connectivity index (χ0v) is 13.6. The number of hydrogen-bond donors (Lipinski definition) is 0. The number of imidazole rings is 1. The minimum atomic E-state index is -3.71. The van der Waals surface area contributed by atoms with Crippen LogP contribution in [0, 0.1) is 6.92 Å². The predicted octanol–water partition coefficient (Wildman–Crippen LogP) is 2.56. The highest BCUT2D eigenvalue weighted by molar-refractivity contribution is 7.90. The number of methoxy groups -OCH3 is 1. The zero-order valence-electron chi connectivity index (χ0n) is 12.8. The van der Waals surface area contributed by atoms with Crippen molar-refractivity contribution < 1.29 is 13.2 Å². The first kappa shape index (κ1) is 15.6. The smallest absolute Gasteiger partial charge is 0.272 e. The average molecular weight is 308 g/mol. The lowest BCUT2D eigenvalue weighted by Crippen LogP contribution is -2.16. The largest absolute Gasteiger partial charge is 0.495 e. The molecule has 114 valence electrons. The zero-order chi connectivity index (χ0) is 15.6. The van der Waals surface area contributed by atoms with Crippen molar-refractivity contribution in [2.24, 2.45) is 0 Å². The molecule has 0 N–H and O–H groups in total. The van der Waals surface area contributed by atoms with Crippen molar-refractivity contribution in [1.82, 2.24) is 8.96 Å². The van der Waals surface area contributed by atoms with E-state index in [1.807, 2.05) is 19.9 Å². The van der Waals surface area contributed by atoms with Crippen molar-refractivity contribution in [2.45, 2.75) is 38.5 Å². The van der Waals surface area contributed by atoms with E-state index in [1.54, 1.807) is 25.3 Å². The van der Waals surface area contributed by atoms with Crippen LogP contribution < -0.4 is 4.74 Å². The van der Waals surface area contributed by atoms with Gasteiger partial charge in [-0.15, -0.1) is 0 Å². The van der Waals surface area contributed by atoms with Crippen LogP contribution in [0.1, 0.15) is 30.9 Å². The minimum Gasteiger partial charge on any atom is -0.495 e. The first-order valence-corrected chi connectivity index (χ1v) is 8.35. The third kappa shape index (κ3) is 2.81. The van der Waals surface area contributed by atoms with Gasteiger partial charge in [0.15, 0.2) is 0 Å². The molecule has 5 nitrogen and oxygen atoms in total. The molecular formula is C15H20N2O3S. The summed E-state index contributed by atoms with van der Waals surface area (Å²) in [7, 11) is -2.23. The number of aryl methyl sites for hydroxylation is 3. The summed E-state index contributed by atoms with van der Waals surface area (Å²) in [6.45, 7) is 5.65. The van der Waals surface area contributed by atoms with Crippen LogP contribution in [-0.2, 0) is 22.9 Å². The molecule has 1 aromatic heterocycles. The molecule has 0 bridgehead atoms. The van der Waals surface area contributed by atoms with Crippen LogP contribution in [-0.4, -0.2) is 24.5 Å². The molecule has 0 radical (unpaired) electrons. The fourth-order valence-electron chi connectivity index (χ4n) is 2.22. The first-order valence-electron chi connectivity index (χ1n) is 6.91. The van der Waals surface area contributed by atoms with Crippen LogP contribution in [0.2, 0.25) is 0 Å². The molecule has 0 unspecified atom stereocenters. The number of hydrogen-bond acceptors (Lipinski definition) is 4. The highest BCUT2D eigenvalue weighted by Gasteiger charge is 2.24. The van der Waals surface area contributed by atoms with Crippen molar-refractivity contribution in [3.05, 3.63) is 41.5 Å². The fourth-order valence-corrected chi connectivity index (χ4v) is 3.87. The van der Waals surface area contributed by atoms with Gasteiger partial charge in [-0.2, -0.15) is 0 Å². The number of aromatic nitrogens is 2. The second kappa shape index (κ2) is 5.89. The van der Waals surface area contributed by atoms with Gasteiger partial charge in [0.05, 0.1) is 12.8 Å². The van der Waals surface area contributed by atoms with E-state index in [2.05, 4.69) is 4.98 Å². The van der Waals surface area contributed by atoms with Gasteiger partial charge in [-0.25, -0.2) is 17.4 Å². The Labute approximate surface area is 125 Å². The van der Waals surface area contributed by atoms with Crippen molar-refractivity contribution >= 4 is 10.0 Å². The Balaban J connectivity index is 2.68. The molecule has 0 saturated heterocycles. The highest BCUT2D eigenvalue weighted by atomic mass is 32.2. The van der Waals surface area contributed by atoms with Gasteiger partial charge in [-0.3, -0.25) is 0 Å². The van der Waals surface area contributed by atoms with Crippen LogP contribution in [0.5, 0.6) is 5.75 Å². The van der Waals surface area contributed by atoms with E-state index in [0.717, 1.165) is 12.0 Å². The van der Waals surface area contributed by atoms with E-state index < -0.39 is 10.0 Å². The Bertz CT molecular complexity index is 748. The summed E-state index contributed by atoms with van der Waals surface area (Å²) >= 11 is 0. The van der Waals surface area contributed by atoms with Gasteiger partial charge in [-0.1, -0.05) is 19.9 Å². The number of benzene rings is 1. The van der Waals surface area contributed by atoms with E-state index in [-0.39, 0.29) is 4.90 Å². The Morgan fingerprint density at radius 1 is 1.24 bits per heavy atom. The van der Waals surface area contributed by atoms with E-state index in [1.165, 1.54) is 11.1 Å². The summed E-state index contributed by atoms with van der Waals surface area (Å²) in [5, 5.41) is 0. The second-order valence-corrected chi connectivity index (χ2v) is 6.58. The predicted molar refractivity (Wildman–Crippen MR) is 81.3 cm³/mol. The number of ether oxygens (including phenoxy) is 1. The third-order valence-electron chi connectivity index (χ3n) is 3.35. The maximum atomic E-state index is 12.9. The number of rotatable bonds is 5. The van der Waals surface area contributed by atoms with Crippen molar-refractivity contribution in [2.75, 3.05) is 7.11 Å². The van der Waals surface area contributed by atoms with Crippen LogP contribution in [0.3, 0.4) is 0 Å². The van der Waals surface area contributed by atoms with Crippen LogP contribution in [0.15, 0.2) is 29.3 Å². The van der Waals surface area contributed by atoms with Crippen molar-refractivity contribution in [3.8, 4) is 5.75 Å². The monoisotopic (exact) mass is 308 g/mol. The summed E-state index contributed by atoms with van der Waals surface area (Å²) in [4.78, 5) is 4.44. The molecule has 1 heterocycles. The Morgan fingerprint density at radius 2 is 1.95 bits per heavy atom. The van der Waals surface area contributed by atoms with E-state index >= 15 is 0 Å². The molecule has 0 aliphatic heterocycles. The van der Waals surface area contributed by atoms with E-state index in [4.69, 9.17) is 4.74 Å². The molecule has 0 spiro atoms. The van der Waals surface area contributed by atoms with Gasteiger partial charge in [-0.05, 0) is 31.0 Å². The molecule has 0 saturated carbocycles. The van der Waals surface area contributed by atoms with Gasteiger partial charge in [0, 0.05) is 12.6 Å². The third-order valence-corrected chi connectivity index (χ3v) is 5.06. The maximum Gasteiger partial charge on any atom is 0.272 e. The quantitative estimate of drug-likeness (QED) is 0.851. The molecule has 0 aliphatic rings. The molecule has 0 aliphatic carbocycles. The molecule has 1 aromatic carbocycles. The van der Waals surface area contributed by atoms with E-state index in [9.17, 15) is 8.42 Å². The second-order valence-electron chi connectivity index (χ2n) is 4.79. The molecule has 0 amide bonds. The van der Waals surface area contributed by atoms with Gasteiger partial charge >= 0.3 is 0 Å². The van der Waals surface area contributed by atoms with Crippen LogP contribution >= 0.6 is 0 Å². The fraction of sp³-hybridized carbons (Fsp3) is 0.400. The van der Waals surface area contributed by atoms with Crippen LogP contribution in [0.4, 0.5) is 0 Å². The first-order chi connectivity index (χ1) is 9.93. The maximum absolute atomic E-state index is 12.9. The SMILES string of the molecule is CCc1ccc(OC)c(S(=O)(=O)n2cc(C)nc2CC)c1. The Kier molecular flexibility index (Phi) is 4.37. The molecule has 0 fully saturated rings. The van der Waals surface area contributed by atoms with Gasteiger partial charge in [0.1, 0.15) is 16.5 Å². The summed E-state index contributed by atoms with van der Waals surface area (Å²) in [5.41, 5.74) is 1.63. The highest BCUT2D eigenvalue weighted by Crippen LogP contribution is 2.28. The molecule has 2 rings (SSSR count). The molecule has 0 atom stereocenters. The lowest BCUT2D eigenvalue weighted by molar-refractivity contribution is 0.402. The molecule has 2 aromatic rings. The normalized spacial score (nSPS) is 11.6. The Morgan fingerprint density at radius 3 is 2.52 bits per heavy atom. The lowest BCUT2D eigenvalue weighted by atomic mass is 10.2. The Hall–Kier alpha value is -1.82. The summed E-state index contributed by atoms with van der Waals surface area (Å²) < 4.78 is 32.3. The molecule has 6 heteroatoms. The summed E-state index contributed by atoms with van der Waals surface area (Å²) in [5.74, 6) is 0.872. The van der Waals surface area contributed by atoms with Crippen LogP contribution in [0.25, 0.3) is 0 Å². The standard InChI is InChI=1S/C15H20N2O3S/c1-5-12-7-8-13(20-4)14(9-12)21(18,19)17-10-11(3)16-15(17)6-2/h7-10H,5-6H2,1-4H3. The van der Waals surface area contributed by atoms with Crippen molar-refractivity contribution in [1.29, 1.82) is 0 Å². The van der Waals surface area contributed by atoms with Gasteiger partial charge in [0.2, 0.25) is 0 Å². The van der Waals surface area contributed by atoms with Gasteiger partial charge in [0.25, 0.3) is 10.0 Å².